The Balaban J connectivity index is 0.00000280. The Morgan fingerprint density at radius 3 is 2.46 bits per heavy atom. The van der Waals surface area contributed by atoms with E-state index in [1.165, 1.54) is 48.4 Å². The van der Waals surface area contributed by atoms with Crippen LogP contribution in [-0.2, 0) is 19.6 Å². The third kappa shape index (κ3) is 7.33. The Hall–Kier alpha value is -1.19. The van der Waals surface area contributed by atoms with Crippen molar-refractivity contribution >= 4 is 41.3 Å². The minimum atomic E-state index is 0. The highest BCUT2D eigenvalue weighted by molar-refractivity contribution is 14.0. The fourth-order valence-electron chi connectivity index (χ4n) is 3.30. The van der Waals surface area contributed by atoms with Crippen molar-refractivity contribution in [3.63, 3.8) is 0 Å². The SMILES string of the molecule is CCNC(=NCc1ccc(CN2CCCCC2)cc1)NCc1scnc1C.I. The van der Waals surface area contributed by atoms with Gasteiger partial charge in [0.15, 0.2) is 5.96 Å². The molecule has 0 atom stereocenters. The number of aliphatic imine (C=N–C) groups is 1. The first kappa shape index (κ1) is 23.1. The first-order valence-electron chi connectivity index (χ1n) is 9.96. The average molecular weight is 513 g/mol. The van der Waals surface area contributed by atoms with Crippen LogP contribution < -0.4 is 10.6 Å². The molecule has 2 heterocycles. The number of guanidine groups is 1. The van der Waals surface area contributed by atoms with Crippen molar-refractivity contribution in [1.29, 1.82) is 0 Å². The van der Waals surface area contributed by atoms with Gasteiger partial charge in [0.2, 0.25) is 0 Å². The fourth-order valence-corrected chi connectivity index (χ4v) is 4.01. The Morgan fingerprint density at radius 1 is 1.11 bits per heavy atom. The van der Waals surface area contributed by atoms with Crippen molar-refractivity contribution in [3.8, 4) is 0 Å². The molecular weight excluding hydrogens is 481 g/mol. The minimum absolute atomic E-state index is 0. The van der Waals surface area contributed by atoms with Crippen LogP contribution in [0.25, 0.3) is 0 Å². The third-order valence-electron chi connectivity index (χ3n) is 4.90. The molecule has 0 radical (unpaired) electrons. The van der Waals surface area contributed by atoms with Crippen LogP contribution in [0.3, 0.4) is 0 Å². The van der Waals surface area contributed by atoms with Crippen LogP contribution in [0.1, 0.15) is 47.9 Å². The van der Waals surface area contributed by atoms with Gasteiger partial charge in [-0.25, -0.2) is 9.98 Å². The van der Waals surface area contributed by atoms with Gasteiger partial charge in [0, 0.05) is 18.0 Å². The standard InChI is InChI=1S/C21H31N5S.HI/c1-3-22-21(24-14-20-17(2)25-16-27-20)23-13-18-7-9-19(10-8-18)15-26-11-5-4-6-12-26;/h7-10,16H,3-6,11-15H2,1-2H3,(H2,22,23,24);1H. The molecule has 2 N–H and O–H groups in total. The Kier molecular flexibility index (Phi) is 10.2. The zero-order valence-corrected chi connectivity index (χ0v) is 20.1. The number of likely N-dealkylation sites (tertiary alicyclic amines) is 1. The van der Waals surface area contributed by atoms with Gasteiger partial charge in [-0.05, 0) is 50.9 Å². The van der Waals surface area contributed by atoms with E-state index >= 15 is 0 Å². The number of halogens is 1. The summed E-state index contributed by atoms with van der Waals surface area (Å²) in [6, 6.07) is 8.92. The van der Waals surface area contributed by atoms with Crippen LogP contribution in [0.5, 0.6) is 0 Å². The largest absolute Gasteiger partial charge is 0.357 e. The van der Waals surface area contributed by atoms with E-state index in [9.17, 15) is 0 Å². The zero-order chi connectivity index (χ0) is 18.9. The summed E-state index contributed by atoms with van der Waals surface area (Å²) in [4.78, 5) is 12.8. The lowest BCUT2D eigenvalue weighted by Gasteiger charge is -2.26. The molecule has 28 heavy (non-hydrogen) atoms. The smallest absolute Gasteiger partial charge is 0.191 e. The maximum atomic E-state index is 4.73. The molecular formula is C21H32IN5S. The van der Waals surface area contributed by atoms with Gasteiger partial charge in [-0.3, -0.25) is 4.90 Å². The number of nitrogens with one attached hydrogen (secondary N) is 2. The molecule has 0 bridgehead atoms. The van der Waals surface area contributed by atoms with E-state index in [1.54, 1.807) is 11.3 Å². The molecule has 1 aliphatic heterocycles. The molecule has 0 unspecified atom stereocenters. The van der Waals surface area contributed by atoms with Crippen molar-refractivity contribution in [3.05, 3.63) is 51.5 Å². The summed E-state index contributed by atoms with van der Waals surface area (Å²) in [7, 11) is 0. The number of benzene rings is 1. The topological polar surface area (TPSA) is 52.6 Å². The van der Waals surface area contributed by atoms with Gasteiger partial charge in [0.1, 0.15) is 0 Å². The van der Waals surface area contributed by atoms with Crippen molar-refractivity contribution in [2.45, 2.75) is 52.7 Å². The molecule has 1 aliphatic rings. The van der Waals surface area contributed by atoms with E-state index in [4.69, 9.17) is 4.99 Å². The first-order valence-corrected chi connectivity index (χ1v) is 10.8. The molecule has 154 valence electrons. The molecule has 3 rings (SSSR count). The van der Waals surface area contributed by atoms with Crippen LogP contribution in [0.4, 0.5) is 0 Å². The molecule has 1 aromatic carbocycles. The van der Waals surface area contributed by atoms with Crippen molar-refractivity contribution < 1.29 is 0 Å². The number of rotatable bonds is 7. The second-order valence-corrected chi connectivity index (χ2v) is 8.00. The molecule has 1 aromatic heterocycles. The summed E-state index contributed by atoms with van der Waals surface area (Å²) in [5.41, 5.74) is 5.62. The highest BCUT2D eigenvalue weighted by Gasteiger charge is 2.10. The number of aryl methyl sites for hydroxylation is 1. The van der Waals surface area contributed by atoms with Crippen molar-refractivity contribution in [1.82, 2.24) is 20.5 Å². The summed E-state index contributed by atoms with van der Waals surface area (Å²) in [5.74, 6) is 0.850. The van der Waals surface area contributed by atoms with Crippen molar-refractivity contribution in [2.24, 2.45) is 4.99 Å². The van der Waals surface area contributed by atoms with E-state index in [-0.39, 0.29) is 24.0 Å². The van der Waals surface area contributed by atoms with Crippen molar-refractivity contribution in [2.75, 3.05) is 19.6 Å². The van der Waals surface area contributed by atoms with Crippen LogP contribution in [-0.4, -0.2) is 35.5 Å². The Bertz CT molecular complexity index is 723. The fraction of sp³-hybridized carbons (Fsp3) is 0.524. The zero-order valence-electron chi connectivity index (χ0n) is 16.9. The number of thiazole rings is 1. The highest BCUT2D eigenvalue weighted by atomic mass is 127. The minimum Gasteiger partial charge on any atom is -0.357 e. The molecule has 0 spiro atoms. The molecule has 0 amide bonds. The van der Waals surface area contributed by atoms with Gasteiger partial charge >= 0.3 is 0 Å². The maximum absolute atomic E-state index is 4.73. The Morgan fingerprint density at radius 2 is 1.82 bits per heavy atom. The second-order valence-electron chi connectivity index (χ2n) is 7.06. The number of piperidine rings is 1. The molecule has 5 nitrogen and oxygen atoms in total. The summed E-state index contributed by atoms with van der Waals surface area (Å²) >= 11 is 1.68. The normalized spacial score (nSPS) is 15.1. The van der Waals surface area contributed by atoms with E-state index < -0.39 is 0 Å². The lowest BCUT2D eigenvalue weighted by Crippen LogP contribution is -2.36. The monoisotopic (exact) mass is 513 g/mol. The van der Waals surface area contributed by atoms with Gasteiger partial charge in [-0.2, -0.15) is 0 Å². The molecule has 0 aliphatic carbocycles. The molecule has 7 heteroatoms. The number of nitrogens with zero attached hydrogens (tertiary/aromatic N) is 3. The van der Waals surface area contributed by atoms with E-state index in [2.05, 4.69) is 51.7 Å². The van der Waals surface area contributed by atoms with E-state index in [0.717, 1.165) is 31.3 Å². The van der Waals surface area contributed by atoms with Gasteiger partial charge in [0.05, 0.1) is 24.3 Å². The van der Waals surface area contributed by atoms with Gasteiger partial charge in [0.25, 0.3) is 0 Å². The quantitative estimate of drug-likeness (QED) is 0.329. The number of aromatic nitrogens is 1. The average Bonchev–Trinajstić information content (AvgIpc) is 3.11. The van der Waals surface area contributed by atoms with Gasteiger partial charge in [-0.15, -0.1) is 35.3 Å². The van der Waals surface area contributed by atoms with Crippen LogP contribution >= 0.6 is 35.3 Å². The summed E-state index contributed by atoms with van der Waals surface area (Å²) in [5, 5.41) is 6.72. The maximum Gasteiger partial charge on any atom is 0.191 e. The summed E-state index contributed by atoms with van der Waals surface area (Å²) < 4.78 is 0. The lowest BCUT2D eigenvalue weighted by molar-refractivity contribution is 0.221. The van der Waals surface area contributed by atoms with E-state index in [1.807, 2.05) is 12.4 Å². The lowest BCUT2D eigenvalue weighted by atomic mass is 10.1. The molecule has 1 fully saturated rings. The van der Waals surface area contributed by atoms with Crippen LogP contribution in [0, 0.1) is 6.92 Å². The van der Waals surface area contributed by atoms with Crippen LogP contribution in [0.15, 0.2) is 34.8 Å². The number of hydrogen-bond donors (Lipinski definition) is 2. The number of hydrogen-bond acceptors (Lipinski definition) is 4. The highest BCUT2D eigenvalue weighted by Crippen LogP contribution is 2.14. The van der Waals surface area contributed by atoms with Gasteiger partial charge in [-0.1, -0.05) is 30.7 Å². The van der Waals surface area contributed by atoms with Gasteiger partial charge < -0.3 is 10.6 Å². The molecule has 0 saturated carbocycles. The predicted octanol–water partition coefficient (Wildman–Crippen LogP) is 4.31. The summed E-state index contributed by atoms with van der Waals surface area (Å²) in [6.45, 7) is 9.97. The predicted molar refractivity (Wildman–Crippen MR) is 129 cm³/mol. The van der Waals surface area contributed by atoms with Crippen LogP contribution in [0.2, 0.25) is 0 Å². The second kappa shape index (κ2) is 12.4. The molecule has 1 saturated heterocycles. The first-order chi connectivity index (χ1) is 13.2. The summed E-state index contributed by atoms with van der Waals surface area (Å²) in [6.07, 6.45) is 4.07. The van der Waals surface area contributed by atoms with E-state index in [0.29, 0.717) is 6.54 Å². The Labute approximate surface area is 190 Å². The third-order valence-corrected chi connectivity index (χ3v) is 5.84. The molecule has 2 aromatic rings.